The molecule has 0 spiro atoms. The fraction of sp³-hybridized carbons (Fsp3) is 0.185. The first-order valence-electron chi connectivity index (χ1n) is 11.1. The zero-order chi connectivity index (χ0) is 28.4. The van der Waals surface area contributed by atoms with E-state index in [2.05, 4.69) is 0 Å². The summed E-state index contributed by atoms with van der Waals surface area (Å²) in [6.45, 7) is 3.87. The Morgan fingerprint density at radius 2 is 1.53 bits per heavy atom. The van der Waals surface area contributed by atoms with Crippen molar-refractivity contribution in [3.05, 3.63) is 82.4 Å². The van der Waals surface area contributed by atoms with Crippen LogP contribution < -0.4 is 20.1 Å². The number of fused-ring (bicyclic) bond motifs is 2. The van der Waals surface area contributed by atoms with Crippen LogP contribution in [0.5, 0.6) is 5.75 Å². The molecule has 1 aromatic heterocycles. The lowest BCUT2D eigenvalue weighted by molar-refractivity contribution is -0.617. The molecule has 0 amide bonds. The van der Waals surface area contributed by atoms with Crippen LogP contribution in [-0.4, -0.2) is 29.2 Å². The highest BCUT2D eigenvalue weighted by Gasteiger charge is 2.29. The predicted molar refractivity (Wildman–Crippen MR) is 129 cm³/mol. The number of esters is 1. The summed E-state index contributed by atoms with van der Waals surface area (Å²) in [5, 5.41) is 19.6. The fourth-order valence-corrected chi connectivity index (χ4v) is 4.04. The molecule has 4 aromatic rings. The molecule has 0 aliphatic carbocycles. The minimum Gasteiger partial charge on any atom is -0.542 e. The largest absolute Gasteiger partial charge is 0.542 e. The van der Waals surface area contributed by atoms with Crippen molar-refractivity contribution >= 4 is 39.7 Å². The van der Waals surface area contributed by atoms with Gasteiger partial charge in [0.25, 0.3) is 0 Å². The molecule has 0 aliphatic rings. The molecule has 0 fully saturated rings. The Hall–Kier alpha value is -4.51. The quantitative estimate of drug-likeness (QED) is 0.180. The average molecular weight is 528 g/mol. The van der Waals surface area contributed by atoms with E-state index < -0.39 is 24.1 Å². The van der Waals surface area contributed by atoms with Crippen LogP contribution in [0.1, 0.15) is 37.4 Å². The SMILES string of the molecule is Cc1cc(C(=O)O)cc(C)c1OC(=O)c1c2ccccc2[n+](C)c2cc(CN)ccc12.O=C([O-])C(F)(F)F. The van der Waals surface area contributed by atoms with Gasteiger partial charge in [-0.25, -0.2) is 9.59 Å². The number of halogens is 3. The normalized spacial score (nSPS) is 11.1. The fourth-order valence-electron chi connectivity index (χ4n) is 4.04. The molecular formula is C27H23F3N2O6. The van der Waals surface area contributed by atoms with Gasteiger partial charge in [0.2, 0.25) is 11.0 Å². The lowest BCUT2D eigenvalue weighted by atomic mass is 10.00. The topological polar surface area (TPSA) is 134 Å². The number of carboxylic acid groups (broad SMARTS) is 2. The van der Waals surface area contributed by atoms with E-state index in [0.717, 1.165) is 27.4 Å². The van der Waals surface area contributed by atoms with Crippen LogP contribution in [-0.2, 0) is 18.4 Å². The summed E-state index contributed by atoms with van der Waals surface area (Å²) in [6.07, 6.45) is -5.19. The van der Waals surface area contributed by atoms with Crippen molar-refractivity contribution in [2.24, 2.45) is 12.8 Å². The molecule has 0 bridgehead atoms. The van der Waals surface area contributed by atoms with Gasteiger partial charge in [0.1, 0.15) is 18.8 Å². The van der Waals surface area contributed by atoms with Gasteiger partial charge in [0.15, 0.2) is 0 Å². The molecule has 0 saturated heterocycles. The molecule has 4 rings (SSSR count). The van der Waals surface area contributed by atoms with E-state index in [4.69, 9.17) is 20.4 Å². The number of aryl methyl sites for hydroxylation is 3. The maximum Gasteiger partial charge on any atom is 0.430 e. The van der Waals surface area contributed by atoms with Crippen LogP contribution in [0.2, 0.25) is 0 Å². The zero-order valence-corrected chi connectivity index (χ0v) is 20.6. The van der Waals surface area contributed by atoms with Crippen molar-refractivity contribution < 1.29 is 47.1 Å². The third kappa shape index (κ3) is 5.73. The molecule has 38 heavy (non-hydrogen) atoms. The van der Waals surface area contributed by atoms with Crippen LogP contribution in [0, 0.1) is 13.8 Å². The number of aromatic carboxylic acids is 1. The van der Waals surface area contributed by atoms with Gasteiger partial charge in [-0.3, -0.25) is 0 Å². The maximum atomic E-state index is 13.5. The number of carboxylic acids is 2. The summed E-state index contributed by atoms with van der Waals surface area (Å²) in [5.41, 5.74) is 10.4. The number of ether oxygens (including phenoxy) is 1. The summed E-state index contributed by atoms with van der Waals surface area (Å²) in [5.74, 6) is -4.14. The second-order valence-corrected chi connectivity index (χ2v) is 8.43. The standard InChI is InChI=1S/C25H22N2O4.C2HF3O2/c1-14-10-17(24(28)29)11-15(2)23(14)31-25(30)22-18-6-4-5-7-20(18)27(3)21-12-16(13-26)8-9-19(21)22;3-2(4,5)1(6)7/h4-12H,13,26H2,1-3H3;(H,6,7). The first-order valence-corrected chi connectivity index (χ1v) is 11.1. The van der Waals surface area contributed by atoms with E-state index in [1.807, 2.05) is 54.1 Å². The van der Waals surface area contributed by atoms with Gasteiger partial charge in [-0.1, -0.05) is 18.2 Å². The summed E-state index contributed by atoms with van der Waals surface area (Å²) in [7, 11) is 1.96. The number of hydrogen-bond acceptors (Lipinski definition) is 6. The number of alkyl halides is 3. The first kappa shape index (κ1) is 28.1. The van der Waals surface area contributed by atoms with Crippen molar-refractivity contribution in [1.82, 2.24) is 0 Å². The van der Waals surface area contributed by atoms with Crippen molar-refractivity contribution in [2.75, 3.05) is 0 Å². The number of carbonyl (C=O) groups is 3. The Kier molecular flexibility index (Phi) is 8.01. The van der Waals surface area contributed by atoms with E-state index in [0.29, 0.717) is 29.0 Å². The molecule has 3 aromatic carbocycles. The minimum absolute atomic E-state index is 0.159. The number of pyridine rings is 1. The van der Waals surface area contributed by atoms with E-state index >= 15 is 0 Å². The Balaban J connectivity index is 0.000000505. The van der Waals surface area contributed by atoms with Crippen LogP contribution in [0.25, 0.3) is 21.8 Å². The summed E-state index contributed by atoms with van der Waals surface area (Å²) < 4.78 is 39.4. The molecule has 0 unspecified atom stereocenters. The lowest BCUT2D eigenvalue weighted by Gasteiger charge is -2.14. The molecule has 1 heterocycles. The van der Waals surface area contributed by atoms with Gasteiger partial charge < -0.3 is 25.5 Å². The molecule has 8 nitrogen and oxygen atoms in total. The van der Waals surface area contributed by atoms with Crippen LogP contribution >= 0.6 is 0 Å². The Morgan fingerprint density at radius 3 is 2.05 bits per heavy atom. The highest BCUT2D eigenvalue weighted by Crippen LogP contribution is 2.30. The van der Waals surface area contributed by atoms with Crippen molar-refractivity contribution in [1.29, 1.82) is 0 Å². The summed E-state index contributed by atoms with van der Waals surface area (Å²) in [4.78, 5) is 33.6. The first-order chi connectivity index (χ1) is 17.8. The Bertz CT molecular complexity index is 1560. The molecule has 198 valence electrons. The van der Waals surface area contributed by atoms with Gasteiger partial charge in [-0.05, 0) is 54.8 Å². The van der Waals surface area contributed by atoms with Gasteiger partial charge in [0, 0.05) is 18.7 Å². The highest BCUT2D eigenvalue weighted by molar-refractivity contribution is 6.13. The monoisotopic (exact) mass is 528 g/mol. The number of nitrogens with two attached hydrogens (primary N) is 1. The van der Waals surface area contributed by atoms with Crippen molar-refractivity contribution in [3.63, 3.8) is 0 Å². The minimum atomic E-state index is -5.19. The summed E-state index contributed by atoms with van der Waals surface area (Å²) in [6, 6.07) is 16.5. The molecule has 0 atom stereocenters. The highest BCUT2D eigenvalue weighted by atomic mass is 19.4. The molecule has 3 N–H and O–H groups in total. The van der Waals surface area contributed by atoms with E-state index in [1.165, 1.54) is 12.1 Å². The Labute approximate surface area is 214 Å². The molecular weight excluding hydrogens is 505 g/mol. The maximum absolute atomic E-state index is 13.5. The van der Waals surface area contributed by atoms with Crippen LogP contribution in [0.4, 0.5) is 13.2 Å². The second-order valence-electron chi connectivity index (χ2n) is 8.43. The number of para-hydroxylation sites is 1. The number of carbonyl (C=O) groups excluding carboxylic acids is 2. The molecule has 0 radical (unpaired) electrons. The van der Waals surface area contributed by atoms with Gasteiger partial charge >= 0.3 is 18.1 Å². The van der Waals surface area contributed by atoms with Gasteiger partial charge in [-0.15, -0.1) is 0 Å². The van der Waals surface area contributed by atoms with E-state index in [-0.39, 0.29) is 5.56 Å². The number of benzene rings is 3. The van der Waals surface area contributed by atoms with Gasteiger partial charge in [-0.2, -0.15) is 17.7 Å². The Morgan fingerprint density at radius 1 is 0.974 bits per heavy atom. The van der Waals surface area contributed by atoms with Crippen molar-refractivity contribution in [3.8, 4) is 5.75 Å². The molecule has 0 saturated carbocycles. The van der Waals surface area contributed by atoms with Crippen LogP contribution in [0.3, 0.4) is 0 Å². The number of hydrogen-bond donors (Lipinski definition) is 2. The number of aliphatic carboxylic acids is 1. The number of rotatable bonds is 4. The lowest BCUT2D eigenvalue weighted by Crippen LogP contribution is -2.37. The summed E-state index contributed by atoms with van der Waals surface area (Å²) >= 11 is 0. The third-order valence-corrected chi connectivity index (χ3v) is 5.80. The van der Waals surface area contributed by atoms with Gasteiger partial charge in [0.05, 0.1) is 21.9 Å². The smallest absolute Gasteiger partial charge is 0.430 e. The predicted octanol–water partition coefficient (Wildman–Crippen LogP) is 3.11. The van der Waals surface area contributed by atoms with Crippen molar-refractivity contribution in [2.45, 2.75) is 26.6 Å². The number of aromatic nitrogens is 1. The zero-order valence-electron chi connectivity index (χ0n) is 20.6. The molecule has 0 aliphatic heterocycles. The average Bonchev–Trinajstić information content (AvgIpc) is 2.85. The van der Waals surface area contributed by atoms with E-state index in [1.54, 1.807) is 13.8 Å². The van der Waals surface area contributed by atoms with Crippen LogP contribution in [0.15, 0.2) is 54.6 Å². The van der Waals surface area contributed by atoms with E-state index in [9.17, 15) is 27.9 Å². The second kappa shape index (κ2) is 10.9. The molecule has 11 heteroatoms. The number of nitrogens with zero attached hydrogens (tertiary/aromatic N) is 1. The third-order valence-electron chi connectivity index (χ3n) is 5.80.